The quantitative estimate of drug-likeness (QED) is 0.581. The number of para-hydroxylation sites is 2. The molecule has 100 valence electrons. The van der Waals surface area contributed by atoms with Crippen LogP contribution in [0.2, 0.25) is 0 Å². The highest BCUT2D eigenvalue weighted by molar-refractivity contribution is 5.97. The number of fused-ring (bicyclic) bond motifs is 1. The zero-order valence-corrected chi connectivity index (χ0v) is 10.8. The Morgan fingerprint density at radius 3 is 2.80 bits per heavy atom. The Labute approximate surface area is 115 Å². The summed E-state index contributed by atoms with van der Waals surface area (Å²) in [6, 6.07) is 12.2. The molecule has 0 atom stereocenters. The summed E-state index contributed by atoms with van der Waals surface area (Å²) in [6.07, 6.45) is 0.0958. The number of hydrogen-bond acceptors (Lipinski definition) is 5. The fourth-order valence-electron chi connectivity index (χ4n) is 1.90. The Bertz CT molecular complexity index is 760. The van der Waals surface area contributed by atoms with Gasteiger partial charge in [0.15, 0.2) is 11.4 Å². The molecule has 0 aliphatic carbocycles. The highest BCUT2D eigenvalue weighted by Gasteiger charge is 2.13. The van der Waals surface area contributed by atoms with Gasteiger partial charge < -0.3 is 14.9 Å². The summed E-state index contributed by atoms with van der Waals surface area (Å²) in [5, 5.41) is 0. The summed E-state index contributed by atoms with van der Waals surface area (Å²) in [4.78, 5) is 15.8. The number of ether oxygens (including phenoxy) is 1. The first-order valence-electron chi connectivity index (χ1n) is 6.07. The van der Waals surface area contributed by atoms with Crippen molar-refractivity contribution >= 4 is 22.6 Å². The molecule has 0 fully saturated rings. The molecule has 20 heavy (non-hydrogen) atoms. The maximum atomic E-state index is 11.6. The zero-order chi connectivity index (χ0) is 14.1. The van der Waals surface area contributed by atoms with E-state index >= 15 is 0 Å². The Morgan fingerprint density at radius 2 is 2.05 bits per heavy atom. The second kappa shape index (κ2) is 4.70. The molecular formula is C15H12N2O3. The molecule has 3 rings (SSSR count). The van der Waals surface area contributed by atoms with E-state index in [2.05, 4.69) is 4.98 Å². The van der Waals surface area contributed by atoms with Crippen molar-refractivity contribution in [3.8, 4) is 11.8 Å². The van der Waals surface area contributed by atoms with E-state index in [0.29, 0.717) is 28.1 Å². The standard InChI is InChI=1S/C15H12N2O3/c1-9(18)11-8-10(16)6-7-13(11)19-15-17-12-4-2-3-5-14(12)20-15/h2-8H,16H2,1H3. The van der Waals surface area contributed by atoms with Gasteiger partial charge in [0.1, 0.15) is 11.3 Å². The highest BCUT2D eigenvalue weighted by atomic mass is 16.6. The Morgan fingerprint density at radius 1 is 1.25 bits per heavy atom. The van der Waals surface area contributed by atoms with Gasteiger partial charge in [0, 0.05) is 5.69 Å². The van der Waals surface area contributed by atoms with Gasteiger partial charge in [-0.2, -0.15) is 4.98 Å². The molecule has 2 N–H and O–H groups in total. The van der Waals surface area contributed by atoms with Gasteiger partial charge in [-0.3, -0.25) is 4.79 Å². The summed E-state index contributed by atoms with van der Waals surface area (Å²) in [5.74, 6) is 0.238. The van der Waals surface area contributed by atoms with E-state index in [0.717, 1.165) is 0 Å². The summed E-state index contributed by atoms with van der Waals surface area (Å²) < 4.78 is 11.0. The maximum absolute atomic E-state index is 11.6. The predicted octanol–water partition coefficient (Wildman–Crippen LogP) is 3.40. The Balaban J connectivity index is 2.00. The summed E-state index contributed by atoms with van der Waals surface area (Å²) in [7, 11) is 0. The van der Waals surface area contributed by atoms with Crippen LogP contribution in [0, 0.1) is 0 Å². The van der Waals surface area contributed by atoms with E-state index in [-0.39, 0.29) is 11.9 Å². The van der Waals surface area contributed by atoms with Gasteiger partial charge in [-0.1, -0.05) is 12.1 Å². The van der Waals surface area contributed by atoms with E-state index in [1.165, 1.54) is 6.92 Å². The van der Waals surface area contributed by atoms with Gasteiger partial charge in [0.2, 0.25) is 0 Å². The molecule has 0 radical (unpaired) electrons. The normalized spacial score (nSPS) is 10.7. The molecular weight excluding hydrogens is 256 g/mol. The number of nitrogens with two attached hydrogens (primary N) is 1. The first-order chi connectivity index (χ1) is 9.63. The van der Waals surface area contributed by atoms with Crippen LogP contribution in [0.5, 0.6) is 11.8 Å². The summed E-state index contributed by atoms with van der Waals surface area (Å²) >= 11 is 0. The second-order valence-corrected chi connectivity index (χ2v) is 4.36. The number of benzene rings is 2. The van der Waals surface area contributed by atoms with Crippen molar-refractivity contribution in [2.24, 2.45) is 0 Å². The molecule has 0 amide bonds. The van der Waals surface area contributed by atoms with E-state index in [1.54, 1.807) is 24.3 Å². The number of anilines is 1. The van der Waals surface area contributed by atoms with E-state index < -0.39 is 0 Å². The lowest BCUT2D eigenvalue weighted by Gasteiger charge is -2.06. The topological polar surface area (TPSA) is 78.4 Å². The molecule has 0 aliphatic heterocycles. The molecule has 0 spiro atoms. The molecule has 5 nitrogen and oxygen atoms in total. The first kappa shape index (κ1) is 12.2. The molecule has 0 unspecified atom stereocenters. The first-order valence-corrected chi connectivity index (χ1v) is 6.07. The number of carbonyl (C=O) groups is 1. The minimum atomic E-state index is -0.136. The SMILES string of the molecule is CC(=O)c1cc(N)ccc1Oc1nc2ccccc2o1. The van der Waals surface area contributed by atoms with Crippen LogP contribution in [0.25, 0.3) is 11.1 Å². The minimum Gasteiger partial charge on any atom is -0.410 e. The van der Waals surface area contributed by atoms with Crippen LogP contribution in [-0.2, 0) is 0 Å². The molecule has 3 aromatic rings. The van der Waals surface area contributed by atoms with Gasteiger partial charge >= 0.3 is 6.08 Å². The van der Waals surface area contributed by atoms with Crippen molar-refractivity contribution in [2.75, 3.05) is 5.73 Å². The lowest BCUT2D eigenvalue weighted by Crippen LogP contribution is -1.99. The van der Waals surface area contributed by atoms with Crippen molar-refractivity contribution in [1.82, 2.24) is 4.98 Å². The van der Waals surface area contributed by atoms with Crippen molar-refractivity contribution in [1.29, 1.82) is 0 Å². The highest BCUT2D eigenvalue weighted by Crippen LogP contribution is 2.29. The minimum absolute atomic E-state index is 0.0958. The van der Waals surface area contributed by atoms with Gasteiger partial charge in [0.05, 0.1) is 5.56 Å². The number of ketones is 1. The smallest absolute Gasteiger partial charge is 0.400 e. The van der Waals surface area contributed by atoms with E-state index in [4.69, 9.17) is 14.9 Å². The molecule has 2 aromatic carbocycles. The average Bonchev–Trinajstić information content (AvgIpc) is 2.82. The molecule has 1 heterocycles. The summed E-state index contributed by atoms with van der Waals surface area (Å²) in [6.45, 7) is 1.45. The number of aromatic nitrogens is 1. The van der Waals surface area contributed by atoms with Gasteiger partial charge in [0.25, 0.3) is 0 Å². The van der Waals surface area contributed by atoms with Crippen LogP contribution in [0.15, 0.2) is 46.9 Å². The fourth-order valence-corrected chi connectivity index (χ4v) is 1.90. The van der Waals surface area contributed by atoms with Crippen LogP contribution < -0.4 is 10.5 Å². The third-order valence-electron chi connectivity index (χ3n) is 2.85. The molecule has 5 heteroatoms. The van der Waals surface area contributed by atoms with Crippen molar-refractivity contribution in [3.63, 3.8) is 0 Å². The molecule has 0 saturated heterocycles. The Kier molecular flexibility index (Phi) is 2.87. The monoisotopic (exact) mass is 268 g/mol. The van der Waals surface area contributed by atoms with Crippen molar-refractivity contribution in [2.45, 2.75) is 6.92 Å². The second-order valence-electron chi connectivity index (χ2n) is 4.36. The maximum Gasteiger partial charge on any atom is 0.400 e. The zero-order valence-electron chi connectivity index (χ0n) is 10.8. The van der Waals surface area contributed by atoms with Gasteiger partial charge in [-0.05, 0) is 37.3 Å². The number of rotatable bonds is 3. The number of oxazole rings is 1. The van der Waals surface area contributed by atoms with Gasteiger partial charge in [-0.25, -0.2) is 0 Å². The summed E-state index contributed by atoms with van der Waals surface area (Å²) in [5.41, 5.74) is 7.89. The molecule has 0 bridgehead atoms. The van der Waals surface area contributed by atoms with Gasteiger partial charge in [-0.15, -0.1) is 0 Å². The van der Waals surface area contributed by atoms with Crippen molar-refractivity contribution in [3.05, 3.63) is 48.0 Å². The van der Waals surface area contributed by atoms with Crippen LogP contribution in [0.3, 0.4) is 0 Å². The largest absolute Gasteiger partial charge is 0.410 e. The third kappa shape index (κ3) is 2.21. The van der Waals surface area contributed by atoms with Crippen LogP contribution in [0.1, 0.15) is 17.3 Å². The van der Waals surface area contributed by atoms with Crippen LogP contribution >= 0.6 is 0 Å². The number of Topliss-reactive ketones (excluding diaryl/α,β-unsaturated/α-hetero) is 1. The third-order valence-corrected chi connectivity index (χ3v) is 2.85. The number of hydrogen-bond donors (Lipinski definition) is 1. The lowest BCUT2D eigenvalue weighted by molar-refractivity contribution is 0.101. The molecule has 1 aromatic heterocycles. The lowest BCUT2D eigenvalue weighted by atomic mass is 10.1. The average molecular weight is 268 g/mol. The van der Waals surface area contributed by atoms with Crippen LogP contribution in [0.4, 0.5) is 5.69 Å². The predicted molar refractivity (Wildman–Crippen MR) is 74.9 cm³/mol. The molecule has 0 saturated carbocycles. The fraction of sp³-hybridized carbons (Fsp3) is 0.0667. The number of nitrogens with zero attached hydrogens (tertiary/aromatic N) is 1. The Hall–Kier alpha value is -2.82. The van der Waals surface area contributed by atoms with Crippen LogP contribution in [-0.4, -0.2) is 10.8 Å². The van der Waals surface area contributed by atoms with E-state index in [1.807, 2.05) is 18.2 Å². The molecule has 0 aliphatic rings. The van der Waals surface area contributed by atoms with E-state index in [9.17, 15) is 4.79 Å². The number of nitrogen functional groups attached to an aromatic ring is 1. The number of carbonyl (C=O) groups excluding carboxylic acids is 1. The van der Waals surface area contributed by atoms with Crippen molar-refractivity contribution < 1.29 is 13.9 Å².